The number of aliphatic hydroxyl groups excluding tert-OH is 1. The second-order valence-corrected chi connectivity index (χ2v) is 6.45. The Hall–Kier alpha value is -1.17. The molecule has 20 heavy (non-hydrogen) atoms. The first-order valence-corrected chi connectivity index (χ1v) is 8.04. The summed E-state index contributed by atoms with van der Waals surface area (Å²) in [6.45, 7) is 3.20. The molecule has 0 unspecified atom stereocenters. The molecule has 2 saturated heterocycles. The highest BCUT2D eigenvalue weighted by Gasteiger charge is 2.37. The lowest BCUT2D eigenvalue weighted by Crippen LogP contribution is -2.41. The quantitative estimate of drug-likeness (QED) is 0.857. The van der Waals surface area contributed by atoms with E-state index in [1.165, 1.54) is 12.8 Å². The molecule has 1 amide bonds. The number of carbonyl (C=O) groups excluding carboxylic acids is 1. The lowest BCUT2D eigenvalue weighted by atomic mass is 10.2. The zero-order valence-electron chi connectivity index (χ0n) is 11.4. The predicted octanol–water partition coefficient (Wildman–Crippen LogP) is 1.43. The molecule has 2 atom stereocenters. The van der Waals surface area contributed by atoms with Gasteiger partial charge in [0.1, 0.15) is 0 Å². The van der Waals surface area contributed by atoms with E-state index in [0.29, 0.717) is 13.1 Å². The number of aliphatic hydroxyl groups is 1. The number of rotatable bonds is 3. The highest BCUT2D eigenvalue weighted by atomic mass is 32.1. The molecule has 1 aromatic rings. The molecule has 0 aromatic carbocycles. The summed E-state index contributed by atoms with van der Waals surface area (Å²) >= 11 is 1.61. The van der Waals surface area contributed by atoms with Crippen LogP contribution in [0.4, 0.5) is 0 Å². The Morgan fingerprint density at radius 3 is 2.85 bits per heavy atom. The van der Waals surface area contributed by atoms with Gasteiger partial charge in [-0.2, -0.15) is 0 Å². The Kier molecular flexibility index (Phi) is 4.19. The van der Waals surface area contributed by atoms with Crippen molar-refractivity contribution in [2.45, 2.75) is 25.0 Å². The molecule has 0 spiro atoms. The molecule has 2 fully saturated rings. The molecule has 3 rings (SSSR count). The number of carbonyl (C=O) groups is 1. The monoisotopic (exact) mass is 292 g/mol. The molecule has 0 aliphatic carbocycles. The van der Waals surface area contributed by atoms with Crippen molar-refractivity contribution in [2.75, 3.05) is 26.2 Å². The highest BCUT2D eigenvalue weighted by Crippen LogP contribution is 2.21. The molecule has 4 nitrogen and oxygen atoms in total. The largest absolute Gasteiger partial charge is 0.390 e. The van der Waals surface area contributed by atoms with Crippen molar-refractivity contribution >= 4 is 23.3 Å². The van der Waals surface area contributed by atoms with Gasteiger partial charge in [0.15, 0.2) is 0 Å². The Labute approximate surface area is 123 Å². The number of hydrogen-bond donors (Lipinski definition) is 1. The Morgan fingerprint density at radius 2 is 2.15 bits per heavy atom. The van der Waals surface area contributed by atoms with E-state index in [1.807, 2.05) is 23.6 Å². The average molecular weight is 292 g/mol. The van der Waals surface area contributed by atoms with Crippen molar-refractivity contribution in [3.05, 3.63) is 28.5 Å². The molecule has 2 aliphatic rings. The maximum Gasteiger partial charge on any atom is 0.246 e. The van der Waals surface area contributed by atoms with Gasteiger partial charge in [-0.15, -0.1) is 11.3 Å². The van der Waals surface area contributed by atoms with Crippen LogP contribution in [0.3, 0.4) is 0 Å². The predicted molar refractivity (Wildman–Crippen MR) is 80.5 cm³/mol. The van der Waals surface area contributed by atoms with Gasteiger partial charge < -0.3 is 10.0 Å². The van der Waals surface area contributed by atoms with E-state index in [9.17, 15) is 9.90 Å². The van der Waals surface area contributed by atoms with Crippen molar-refractivity contribution in [1.29, 1.82) is 0 Å². The Balaban J connectivity index is 1.59. The molecule has 3 heterocycles. The van der Waals surface area contributed by atoms with Gasteiger partial charge in [0.05, 0.1) is 12.1 Å². The van der Waals surface area contributed by atoms with E-state index < -0.39 is 6.10 Å². The van der Waals surface area contributed by atoms with Crippen LogP contribution in [-0.2, 0) is 4.79 Å². The maximum absolute atomic E-state index is 12.2. The van der Waals surface area contributed by atoms with Crippen LogP contribution < -0.4 is 0 Å². The standard InChI is InChI=1S/C15H20N2O2S/c18-14-11-17(10-13(14)16-7-1-2-8-16)15(19)6-5-12-4-3-9-20-12/h3-6,9,13-14,18H,1-2,7-8,10-11H2/b6-5+/t13-,14-/m1/s1. The fraction of sp³-hybridized carbons (Fsp3) is 0.533. The minimum absolute atomic E-state index is 0.000790. The van der Waals surface area contributed by atoms with E-state index in [-0.39, 0.29) is 11.9 Å². The molecule has 5 heteroatoms. The van der Waals surface area contributed by atoms with Crippen LogP contribution in [-0.4, -0.2) is 59.1 Å². The molecule has 0 radical (unpaired) electrons. The van der Waals surface area contributed by atoms with E-state index >= 15 is 0 Å². The van der Waals surface area contributed by atoms with Crippen LogP contribution in [0.15, 0.2) is 23.6 Å². The van der Waals surface area contributed by atoms with E-state index in [4.69, 9.17) is 0 Å². The Morgan fingerprint density at radius 1 is 1.35 bits per heavy atom. The third-order valence-corrected chi connectivity index (χ3v) is 4.95. The first-order valence-electron chi connectivity index (χ1n) is 7.16. The number of likely N-dealkylation sites (tertiary alicyclic amines) is 2. The van der Waals surface area contributed by atoms with Crippen molar-refractivity contribution in [3.8, 4) is 0 Å². The molecule has 108 valence electrons. The second kappa shape index (κ2) is 6.08. The smallest absolute Gasteiger partial charge is 0.246 e. The topological polar surface area (TPSA) is 43.8 Å². The molecular formula is C15H20N2O2S. The van der Waals surface area contributed by atoms with Gasteiger partial charge in [-0.3, -0.25) is 9.69 Å². The van der Waals surface area contributed by atoms with Crippen molar-refractivity contribution < 1.29 is 9.90 Å². The minimum Gasteiger partial charge on any atom is -0.390 e. The average Bonchev–Trinajstić information content (AvgIpc) is 3.17. The van der Waals surface area contributed by atoms with Gasteiger partial charge >= 0.3 is 0 Å². The van der Waals surface area contributed by atoms with Crippen LogP contribution in [0.5, 0.6) is 0 Å². The first-order chi connectivity index (χ1) is 9.74. The molecule has 2 aliphatic heterocycles. The zero-order valence-corrected chi connectivity index (χ0v) is 12.3. The highest BCUT2D eigenvalue weighted by molar-refractivity contribution is 7.10. The normalized spacial score (nSPS) is 27.8. The van der Waals surface area contributed by atoms with Gasteiger partial charge in [-0.05, 0) is 43.5 Å². The summed E-state index contributed by atoms with van der Waals surface area (Å²) in [4.78, 5) is 17.3. The lowest BCUT2D eigenvalue weighted by Gasteiger charge is -2.25. The van der Waals surface area contributed by atoms with E-state index in [0.717, 1.165) is 18.0 Å². The molecular weight excluding hydrogens is 272 g/mol. The van der Waals surface area contributed by atoms with Crippen molar-refractivity contribution in [2.24, 2.45) is 0 Å². The molecule has 0 bridgehead atoms. The zero-order chi connectivity index (χ0) is 13.9. The van der Waals surface area contributed by atoms with Gasteiger partial charge in [0.2, 0.25) is 5.91 Å². The van der Waals surface area contributed by atoms with Crippen LogP contribution in [0, 0.1) is 0 Å². The molecule has 1 aromatic heterocycles. The van der Waals surface area contributed by atoms with Crippen LogP contribution in [0.2, 0.25) is 0 Å². The lowest BCUT2D eigenvalue weighted by molar-refractivity contribution is -0.125. The third kappa shape index (κ3) is 2.95. The van der Waals surface area contributed by atoms with Crippen LogP contribution in [0.1, 0.15) is 17.7 Å². The summed E-state index contributed by atoms with van der Waals surface area (Å²) < 4.78 is 0. The summed E-state index contributed by atoms with van der Waals surface area (Å²) in [5.74, 6) is -0.000790. The summed E-state index contributed by atoms with van der Waals surface area (Å²) in [7, 11) is 0. The maximum atomic E-state index is 12.2. The number of amides is 1. The van der Waals surface area contributed by atoms with Crippen molar-refractivity contribution in [1.82, 2.24) is 9.80 Å². The summed E-state index contributed by atoms with van der Waals surface area (Å²) in [6, 6.07) is 4.08. The van der Waals surface area contributed by atoms with Gasteiger partial charge in [0.25, 0.3) is 0 Å². The van der Waals surface area contributed by atoms with E-state index in [1.54, 1.807) is 22.3 Å². The molecule has 1 N–H and O–H groups in total. The summed E-state index contributed by atoms with van der Waals surface area (Å²) in [5.41, 5.74) is 0. The van der Waals surface area contributed by atoms with Gasteiger partial charge in [0, 0.05) is 24.0 Å². The Bertz CT molecular complexity index is 480. The molecule has 0 saturated carbocycles. The van der Waals surface area contributed by atoms with Crippen LogP contribution in [0.25, 0.3) is 6.08 Å². The number of hydrogen-bond acceptors (Lipinski definition) is 4. The van der Waals surface area contributed by atoms with E-state index in [2.05, 4.69) is 4.90 Å². The fourth-order valence-electron chi connectivity index (χ4n) is 3.03. The number of thiophene rings is 1. The first kappa shape index (κ1) is 13.8. The SMILES string of the molecule is O=C(/C=C/c1cccs1)N1C[C@@H](O)[C@H](N2CCCC2)C1. The van der Waals surface area contributed by atoms with Gasteiger partial charge in [-0.1, -0.05) is 6.07 Å². The number of β-amino-alcohol motifs (C(OH)–C–C–N with tert-alkyl or cyclic N) is 1. The minimum atomic E-state index is -0.410. The third-order valence-electron chi connectivity index (χ3n) is 4.11. The summed E-state index contributed by atoms with van der Waals surface area (Å²) in [6.07, 6.45) is 5.46. The second-order valence-electron chi connectivity index (χ2n) is 5.47. The van der Waals surface area contributed by atoms with Crippen molar-refractivity contribution in [3.63, 3.8) is 0 Å². The number of nitrogens with zero attached hydrogens (tertiary/aromatic N) is 2. The van der Waals surface area contributed by atoms with Crippen LogP contribution >= 0.6 is 11.3 Å². The van der Waals surface area contributed by atoms with Gasteiger partial charge in [-0.25, -0.2) is 0 Å². The summed E-state index contributed by atoms with van der Waals surface area (Å²) in [5, 5.41) is 12.2. The fourth-order valence-corrected chi connectivity index (χ4v) is 3.64.